The highest BCUT2D eigenvalue weighted by atomic mass is 15.4. The second kappa shape index (κ2) is 7.77. The number of hydrazine groups is 1. The maximum Gasteiger partial charge on any atom is 0.0416 e. The average Bonchev–Trinajstić information content (AvgIpc) is 2.26. The van der Waals surface area contributed by atoms with Crippen molar-refractivity contribution in [1.29, 1.82) is 0 Å². The third-order valence-electron chi connectivity index (χ3n) is 2.35. The van der Waals surface area contributed by atoms with Crippen LogP contribution in [0.15, 0.2) is 48.0 Å². The second-order valence-electron chi connectivity index (χ2n) is 3.52. The highest BCUT2D eigenvalue weighted by molar-refractivity contribution is 5.32. The van der Waals surface area contributed by atoms with E-state index in [4.69, 9.17) is 5.84 Å². The van der Waals surface area contributed by atoms with Gasteiger partial charge in [0.15, 0.2) is 0 Å². The molecule has 0 rings (SSSR count). The molecule has 0 aliphatic heterocycles. The Kier molecular flexibility index (Phi) is 7.05. The Bertz CT molecular complexity index is 309. The summed E-state index contributed by atoms with van der Waals surface area (Å²) >= 11 is 0. The molecule has 0 unspecified atom stereocenters. The fourth-order valence-electron chi connectivity index (χ4n) is 1.20. The zero-order valence-corrected chi connectivity index (χ0v) is 10.7. The molecule has 0 fully saturated rings. The van der Waals surface area contributed by atoms with E-state index in [0.29, 0.717) is 0 Å². The van der Waals surface area contributed by atoms with Gasteiger partial charge in [0.2, 0.25) is 0 Å². The Hall–Kier alpha value is -1.48. The molecule has 0 spiro atoms. The summed E-state index contributed by atoms with van der Waals surface area (Å²) in [5.74, 6) is 5.61. The van der Waals surface area contributed by atoms with Gasteiger partial charge >= 0.3 is 0 Å². The lowest BCUT2D eigenvalue weighted by atomic mass is 10.1. The van der Waals surface area contributed by atoms with Crippen molar-refractivity contribution in [1.82, 2.24) is 10.3 Å². The number of nitrogens with zero attached hydrogens (tertiary/aromatic N) is 1. The van der Waals surface area contributed by atoms with Crippen LogP contribution in [-0.2, 0) is 0 Å². The van der Waals surface area contributed by atoms with E-state index in [1.807, 2.05) is 26.1 Å². The highest BCUT2D eigenvalue weighted by Gasteiger charge is 1.99. The summed E-state index contributed by atoms with van der Waals surface area (Å²) in [6, 6.07) is 0. The van der Waals surface area contributed by atoms with Crippen molar-refractivity contribution in [2.75, 3.05) is 7.05 Å². The number of nitrogens with two attached hydrogens (primary N) is 1. The van der Waals surface area contributed by atoms with Gasteiger partial charge in [-0.25, -0.2) is 5.84 Å². The molecule has 0 aliphatic rings. The molecule has 0 atom stereocenters. The Labute approximate surface area is 99.0 Å². The molecule has 90 valence electrons. The Morgan fingerprint density at radius 2 is 2.12 bits per heavy atom. The normalized spacial score (nSPS) is 13.7. The molecule has 0 bridgehead atoms. The number of hydrogen-bond acceptors (Lipinski definition) is 3. The fraction of sp³-hybridized carbons (Fsp3) is 0.385. The minimum Gasteiger partial charge on any atom is -0.360 e. The Balaban J connectivity index is 4.79. The molecule has 3 nitrogen and oxygen atoms in total. The lowest BCUT2D eigenvalue weighted by molar-refractivity contribution is 0.439. The van der Waals surface area contributed by atoms with Gasteiger partial charge in [0.1, 0.15) is 0 Å². The molecule has 0 amide bonds. The molecule has 0 radical (unpaired) electrons. The quantitative estimate of drug-likeness (QED) is 0.411. The molecule has 0 aromatic heterocycles. The first-order chi connectivity index (χ1) is 7.56. The van der Waals surface area contributed by atoms with Crippen LogP contribution in [0.5, 0.6) is 0 Å². The van der Waals surface area contributed by atoms with Crippen molar-refractivity contribution >= 4 is 0 Å². The van der Waals surface area contributed by atoms with Crippen LogP contribution in [-0.4, -0.2) is 12.1 Å². The topological polar surface area (TPSA) is 41.3 Å². The molecule has 16 heavy (non-hydrogen) atoms. The van der Waals surface area contributed by atoms with Crippen LogP contribution < -0.4 is 11.2 Å². The summed E-state index contributed by atoms with van der Waals surface area (Å²) < 4.78 is 0. The van der Waals surface area contributed by atoms with E-state index in [1.165, 1.54) is 5.57 Å². The largest absolute Gasteiger partial charge is 0.360 e. The van der Waals surface area contributed by atoms with Gasteiger partial charge in [-0.05, 0) is 31.9 Å². The number of allylic oxidation sites excluding steroid dienone is 5. The van der Waals surface area contributed by atoms with E-state index < -0.39 is 0 Å². The van der Waals surface area contributed by atoms with E-state index >= 15 is 0 Å². The predicted molar refractivity (Wildman–Crippen MR) is 71.2 cm³/mol. The lowest BCUT2D eigenvalue weighted by Crippen LogP contribution is -2.25. The summed E-state index contributed by atoms with van der Waals surface area (Å²) in [5, 5.41) is 4.81. The van der Waals surface area contributed by atoms with Crippen LogP contribution in [0.2, 0.25) is 0 Å². The minimum atomic E-state index is 0.960. The predicted octanol–water partition coefficient (Wildman–Crippen LogP) is 2.67. The average molecular weight is 221 g/mol. The van der Waals surface area contributed by atoms with Gasteiger partial charge in [-0.3, -0.25) is 0 Å². The standard InChI is InChI=1S/C13H23N3/c1-6-9-13(12(7-2)8-3)15-10-11(4)16(5)14/h6-7,9-10,15H,1,8,14H2,2-5H3/b11-10-,12-7-,13-9+. The highest BCUT2D eigenvalue weighted by Crippen LogP contribution is 2.11. The van der Waals surface area contributed by atoms with Crippen LogP contribution in [0.1, 0.15) is 27.2 Å². The van der Waals surface area contributed by atoms with E-state index in [0.717, 1.165) is 17.8 Å². The number of hydrogen-bond donors (Lipinski definition) is 2. The molecule has 0 aliphatic carbocycles. The zero-order valence-electron chi connectivity index (χ0n) is 10.7. The second-order valence-corrected chi connectivity index (χ2v) is 3.52. The Morgan fingerprint density at radius 3 is 2.50 bits per heavy atom. The van der Waals surface area contributed by atoms with Gasteiger partial charge in [0.05, 0.1) is 0 Å². The van der Waals surface area contributed by atoms with Gasteiger partial charge in [-0.1, -0.05) is 25.7 Å². The fourth-order valence-corrected chi connectivity index (χ4v) is 1.20. The first-order valence-corrected chi connectivity index (χ1v) is 5.46. The lowest BCUT2D eigenvalue weighted by Gasteiger charge is -2.15. The number of rotatable bonds is 6. The van der Waals surface area contributed by atoms with Crippen LogP contribution in [0, 0.1) is 0 Å². The maximum absolute atomic E-state index is 5.61. The van der Waals surface area contributed by atoms with Gasteiger partial charge in [-0.15, -0.1) is 0 Å². The van der Waals surface area contributed by atoms with E-state index in [-0.39, 0.29) is 0 Å². The van der Waals surface area contributed by atoms with Gasteiger partial charge in [-0.2, -0.15) is 0 Å². The maximum atomic E-state index is 5.61. The molecule has 0 aromatic carbocycles. The van der Waals surface area contributed by atoms with Crippen LogP contribution in [0.25, 0.3) is 0 Å². The van der Waals surface area contributed by atoms with E-state index in [2.05, 4.69) is 24.9 Å². The minimum absolute atomic E-state index is 0.960. The number of nitrogens with one attached hydrogen (secondary N) is 1. The van der Waals surface area contributed by atoms with Crippen molar-refractivity contribution in [2.45, 2.75) is 27.2 Å². The molecule has 3 N–H and O–H groups in total. The van der Waals surface area contributed by atoms with Crippen molar-refractivity contribution in [2.24, 2.45) is 5.84 Å². The summed E-state index contributed by atoms with van der Waals surface area (Å²) in [7, 11) is 1.81. The van der Waals surface area contributed by atoms with E-state index in [1.54, 1.807) is 18.1 Å². The monoisotopic (exact) mass is 221 g/mol. The van der Waals surface area contributed by atoms with Crippen LogP contribution >= 0.6 is 0 Å². The van der Waals surface area contributed by atoms with Gasteiger partial charge < -0.3 is 10.3 Å². The summed E-state index contributed by atoms with van der Waals surface area (Å²) in [6.07, 6.45) is 8.69. The smallest absolute Gasteiger partial charge is 0.0416 e. The molecular weight excluding hydrogens is 198 g/mol. The molecule has 0 aromatic rings. The molecule has 0 heterocycles. The van der Waals surface area contributed by atoms with Crippen molar-refractivity contribution in [3.05, 3.63) is 48.0 Å². The first-order valence-electron chi connectivity index (χ1n) is 5.46. The van der Waals surface area contributed by atoms with Gasteiger partial charge in [0.25, 0.3) is 0 Å². The van der Waals surface area contributed by atoms with Crippen molar-refractivity contribution in [3.63, 3.8) is 0 Å². The van der Waals surface area contributed by atoms with Gasteiger partial charge in [0, 0.05) is 24.6 Å². The van der Waals surface area contributed by atoms with Crippen LogP contribution in [0.4, 0.5) is 0 Å². The summed E-state index contributed by atoms with van der Waals surface area (Å²) in [5.41, 5.74) is 3.27. The van der Waals surface area contributed by atoms with Crippen LogP contribution in [0.3, 0.4) is 0 Å². The first kappa shape index (κ1) is 14.5. The Morgan fingerprint density at radius 1 is 1.50 bits per heavy atom. The molecular formula is C13H23N3. The molecule has 0 saturated carbocycles. The summed E-state index contributed by atoms with van der Waals surface area (Å²) in [4.78, 5) is 0. The molecule has 0 saturated heterocycles. The molecule has 3 heteroatoms. The van der Waals surface area contributed by atoms with Crippen molar-refractivity contribution < 1.29 is 0 Å². The third kappa shape index (κ3) is 4.84. The zero-order chi connectivity index (χ0) is 12.6. The summed E-state index contributed by atoms with van der Waals surface area (Å²) in [6.45, 7) is 9.81. The van der Waals surface area contributed by atoms with E-state index in [9.17, 15) is 0 Å². The SMILES string of the molecule is C=C/C=C(N/C=C(/C)N(C)N)\C(=C/C)CC. The van der Waals surface area contributed by atoms with Crippen molar-refractivity contribution in [3.8, 4) is 0 Å². The third-order valence-corrected chi connectivity index (χ3v) is 2.35.